The van der Waals surface area contributed by atoms with Crippen LogP contribution in [0.2, 0.25) is 0 Å². The quantitative estimate of drug-likeness (QED) is 0.227. The van der Waals surface area contributed by atoms with E-state index < -0.39 is 5.60 Å². The molecule has 0 radical (unpaired) electrons. The van der Waals surface area contributed by atoms with Crippen molar-refractivity contribution in [1.82, 2.24) is 0 Å². The molecule has 0 aromatic heterocycles. The number of aryl methyl sites for hydroxylation is 2. The fourth-order valence-corrected chi connectivity index (χ4v) is 6.03. The molecule has 1 N–H and O–H groups in total. The van der Waals surface area contributed by atoms with Gasteiger partial charge in [-0.05, 0) is 80.9 Å². The number of hydrogen-bond acceptors (Lipinski definition) is 5. The topological polar surface area (TPSA) is 50.8 Å². The van der Waals surface area contributed by atoms with Crippen LogP contribution >= 0.6 is 0 Å². The van der Waals surface area contributed by atoms with Gasteiger partial charge in [0.15, 0.2) is 5.60 Å². The predicted octanol–water partition coefficient (Wildman–Crippen LogP) is 8.77. The molecule has 0 fully saturated rings. The van der Waals surface area contributed by atoms with Crippen molar-refractivity contribution in [3.63, 3.8) is 0 Å². The number of ether oxygens (including phenoxy) is 2. The molecule has 1 spiro atoms. The Morgan fingerprint density at radius 2 is 1.44 bits per heavy atom. The zero-order valence-corrected chi connectivity index (χ0v) is 23.3. The number of fused-ring (bicyclic) bond motifs is 6. The van der Waals surface area contributed by atoms with Gasteiger partial charge < -0.3 is 19.7 Å². The van der Waals surface area contributed by atoms with Gasteiger partial charge in [-0.3, -0.25) is 0 Å². The number of nitrogens with zero attached hydrogens (tertiary/aromatic N) is 1. The molecular formula is C36H30N2O3. The summed E-state index contributed by atoms with van der Waals surface area (Å²) in [5, 5.41) is 3.54. The van der Waals surface area contributed by atoms with Crippen molar-refractivity contribution in [1.29, 1.82) is 0 Å². The van der Waals surface area contributed by atoms with E-state index in [1.807, 2.05) is 66.7 Å². The maximum absolute atomic E-state index is 13.3. The third kappa shape index (κ3) is 3.96. The average Bonchev–Trinajstić information content (AvgIpc) is 3.28. The van der Waals surface area contributed by atoms with Gasteiger partial charge in [0.1, 0.15) is 11.5 Å². The summed E-state index contributed by atoms with van der Waals surface area (Å²) >= 11 is 0. The van der Waals surface area contributed by atoms with Gasteiger partial charge in [-0.25, -0.2) is 4.79 Å². The molecule has 5 aromatic carbocycles. The van der Waals surface area contributed by atoms with Crippen LogP contribution in [-0.4, -0.2) is 12.5 Å². The Hall–Kier alpha value is -5.03. The van der Waals surface area contributed by atoms with Gasteiger partial charge in [-0.1, -0.05) is 54.1 Å². The summed E-state index contributed by atoms with van der Waals surface area (Å²) in [5.41, 5.74) is 8.13. The predicted molar refractivity (Wildman–Crippen MR) is 163 cm³/mol. The second-order valence-electron chi connectivity index (χ2n) is 10.6. The van der Waals surface area contributed by atoms with E-state index in [2.05, 4.69) is 73.5 Å². The molecule has 2 heterocycles. The van der Waals surface area contributed by atoms with Gasteiger partial charge in [0.2, 0.25) is 0 Å². The minimum absolute atomic E-state index is 0.337. The first-order chi connectivity index (χ1) is 20.0. The zero-order valence-electron chi connectivity index (χ0n) is 23.3. The Balaban J connectivity index is 1.41. The molecule has 5 heteroatoms. The van der Waals surface area contributed by atoms with Crippen molar-refractivity contribution in [2.24, 2.45) is 0 Å². The lowest BCUT2D eigenvalue weighted by Gasteiger charge is -2.38. The molecule has 5 nitrogen and oxygen atoms in total. The Labute approximate surface area is 240 Å². The molecule has 0 bridgehead atoms. The highest BCUT2D eigenvalue weighted by Gasteiger charge is 2.53. The first-order valence-electron chi connectivity index (χ1n) is 13.9. The minimum Gasteiger partial charge on any atom is -0.456 e. The van der Waals surface area contributed by atoms with E-state index in [0.29, 0.717) is 17.1 Å². The van der Waals surface area contributed by atoms with Gasteiger partial charge in [0.05, 0.1) is 5.56 Å². The van der Waals surface area contributed by atoms with Crippen molar-refractivity contribution in [2.75, 3.05) is 16.8 Å². The fraction of sp³-hybridized carbons (Fsp3) is 0.139. The zero-order chi connectivity index (χ0) is 28.1. The Morgan fingerprint density at radius 1 is 0.732 bits per heavy atom. The van der Waals surface area contributed by atoms with E-state index in [4.69, 9.17) is 9.47 Å². The van der Waals surface area contributed by atoms with Crippen molar-refractivity contribution < 1.29 is 14.3 Å². The van der Waals surface area contributed by atoms with Crippen molar-refractivity contribution in [2.45, 2.75) is 26.4 Å². The number of carbonyl (C=O) groups is 1. The molecule has 7 rings (SSSR count). The van der Waals surface area contributed by atoms with E-state index in [9.17, 15) is 4.79 Å². The molecule has 0 aliphatic carbocycles. The lowest BCUT2D eigenvalue weighted by Crippen LogP contribution is -2.33. The van der Waals surface area contributed by atoms with Crippen LogP contribution in [0.1, 0.15) is 45.1 Å². The number of nitrogens with one attached hydrogen (secondary N) is 1. The number of rotatable bonds is 5. The number of benzene rings is 5. The summed E-state index contributed by atoms with van der Waals surface area (Å²) in [6, 6.07) is 36.5. The van der Waals surface area contributed by atoms with E-state index in [1.54, 1.807) is 0 Å². The highest BCUT2D eigenvalue weighted by atomic mass is 16.6. The maximum atomic E-state index is 13.3. The third-order valence-corrected chi connectivity index (χ3v) is 8.07. The molecule has 2 aliphatic heterocycles. The van der Waals surface area contributed by atoms with Crippen molar-refractivity contribution in [3.05, 3.63) is 143 Å². The fourth-order valence-electron chi connectivity index (χ4n) is 6.03. The summed E-state index contributed by atoms with van der Waals surface area (Å²) in [7, 11) is 0. The summed E-state index contributed by atoms with van der Waals surface area (Å²) in [6.45, 7) is 7.07. The second-order valence-corrected chi connectivity index (χ2v) is 10.6. The summed E-state index contributed by atoms with van der Waals surface area (Å²) in [6.07, 6.45) is 0. The first kappa shape index (κ1) is 25.0. The molecule has 1 unspecified atom stereocenters. The van der Waals surface area contributed by atoms with E-state index in [0.717, 1.165) is 51.5 Å². The Kier molecular flexibility index (Phi) is 5.82. The molecule has 5 aromatic rings. The highest BCUT2D eigenvalue weighted by Crippen LogP contribution is 2.57. The maximum Gasteiger partial charge on any atom is 0.340 e. The average molecular weight is 539 g/mol. The van der Waals surface area contributed by atoms with Crippen LogP contribution < -0.4 is 15.0 Å². The molecule has 0 amide bonds. The van der Waals surface area contributed by atoms with Crippen LogP contribution in [0.3, 0.4) is 0 Å². The van der Waals surface area contributed by atoms with E-state index in [-0.39, 0.29) is 5.97 Å². The molecule has 2 aliphatic rings. The van der Waals surface area contributed by atoms with Crippen LogP contribution in [0.15, 0.2) is 109 Å². The number of para-hydroxylation sites is 1. The summed E-state index contributed by atoms with van der Waals surface area (Å²) in [5.74, 6) is 1.01. The van der Waals surface area contributed by atoms with Gasteiger partial charge in [-0.15, -0.1) is 0 Å². The first-order valence-corrected chi connectivity index (χ1v) is 13.9. The lowest BCUT2D eigenvalue weighted by molar-refractivity contribution is 0.0224. The summed E-state index contributed by atoms with van der Waals surface area (Å²) in [4.78, 5) is 15.6. The lowest BCUT2D eigenvalue weighted by atomic mass is 9.77. The van der Waals surface area contributed by atoms with Crippen LogP contribution in [0.4, 0.5) is 22.7 Å². The molecule has 0 saturated heterocycles. The Morgan fingerprint density at radius 3 is 2.22 bits per heavy atom. The van der Waals surface area contributed by atoms with Crippen molar-refractivity contribution >= 4 is 28.7 Å². The number of esters is 1. The van der Waals surface area contributed by atoms with E-state index >= 15 is 0 Å². The van der Waals surface area contributed by atoms with Gasteiger partial charge in [0, 0.05) is 52.1 Å². The van der Waals surface area contributed by atoms with Gasteiger partial charge in [-0.2, -0.15) is 0 Å². The summed E-state index contributed by atoms with van der Waals surface area (Å²) < 4.78 is 13.1. The normalized spacial score (nSPS) is 16.3. The Bertz CT molecular complexity index is 1800. The number of hydrogen-bond donors (Lipinski definition) is 1. The molecule has 202 valence electrons. The minimum atomic E-state index is -1.13. The second kappa shape index (κ2) is 9.56. The van der Waals surface area contributed by atoms with Crippen LogP contribution in [0.25, 0.3) is 0 Å². The van der Waals surface area contributed by atoms with Crippen LogP contribution in [0.5, 0.6) is 11.5 Å². The monoisotopic (exact) mass is 538 g/mol. The molecular weight excluding hydrogens is 508 g/mol. The highest BCUT2D eigenvalue weighted by molar-refractivity contribution is 5.97. The van der Waals surface area contributed by atoms with Crippen molar-refractivity contribution in [3.8, 4) is 11.5 Å². The largest absolute Gasteiger partial charge is 0.456 e. The van der Waals surface area contributed by atoms with Crippen LogP contribution in [-0.2, 0) is 10.3 Å². The number of anilines is 4. The van der Waals surface area contributed by atoms with Crippen LogP contribution in [0, 0.1) is 13.8 Å². The molecule has 0 saturated carbocycles. The van der Waals surface area contributed by atoms with E-state index in [1.165, 1.54) is 5.56 Å². The van der Waals surface area contributed by atoms with Gasteiger partial charge >= 0.3 is 5.97 Å². The van der Waals surface area contributed by atoms with Gasteiger partial charge in [0.25, 0.3) is 0 Å². The standard InChI is InChI=1S/C36H30N2O3/c1-4-38(26-16-14-23(2)15-17-26)27-18-19-30-34(21-27)40-33-20-24(3)32(37-25-10-6-5-7-11-25)22-31(33)36(30)29-13-9-8-12-28(29)35(39)41-36/h5-22,37H,4H2,1-3H3. The molecule has 41 heavy (non-hydrogen) atoms. The third-order valence-electron chi connectivity index (χ3n) is 8.07. The SMILES string of the molecule is CCN(c1ccc(C)cc1)c1ccc2c(c1)Oc1cc(C)c(Nc3ccccc3)cc1C21OC(=O)c2ccccc21. The molecule has 1 atom stereocenters. The number of carbonyl (C=O) groups excluding carboxylic acids is 1. The smallest absolute Gasteiger partial charge is 0.340 e.